The van der Waals surface area contributed by atoms with Crippen molar-refractivity contribution >= 4 is 23.2 Å². The number of aromatic nitrogens is 2. The summed E-state index contributed by atoms with van der Waals surface area (Å²) in [6.45, 7) is 5.78. The lowest BCUT2D eigenvalue weighted by molar-refractivity contribution is 0.625. The fourth-order valence-electron chi connectivity index (χ4n) is 2.08. The van der Waals surface area contributed by atoms with Crippen LogP contribution < -0.4 is 5.32 Å². The van der Waals surface area contributed by atoms with E-state index in [9.17, 15) is 0 Å². The van der Waals surface area contributed by atoms with Crippen molar-refractivity contribution in [3.05, 3.63) is 51.8 Å². The third-order valence-electron chi connectivity index (χ3n) is 3.01. The summed E-state index contributed by atoms with van der Waals surface area (Å²) < 4.78 is 1.89. The number of hydrogen-bond donors (Lipinski definition) is 1. The van der Waals surface area contributed by atoms with Crippen molar-refractivity contribution in [3.8, 4) is 0 Å². The van der Waals surface area contributed by atoms with Gasteiger partial charge in [0.2, 0.25) is 0 Å². The van der Waals surface area contributed by atoms with Crippen LogP contribution in [0.5, 0.6) is 0 Å². The molecule has 0 spiro atoms. The third-order valence-corrected chi connectivity index (χ3v) is 3.67. The van der Waals surface area contributed by atoms with Crippen LogP contribution in [0.25, 0.3) is 0 Å². The number of aryl methyl sites for hydroxylation is 1. The number of benzene rings is 1. The van der Waals surface area contributed by atoms with Crippen molar-refractivity contribution in [2.24, 2.45) is 0 Å². The van der Waals surface area contributed by atoms with E-state index < -0.39 is 0 Å². The van der Waals surface area contributed by atoms with Gasteiger partial charge in [-0.05, 0) is 25.6 Å². The summed E-state index contributed by atoms with van der Waals surface area (Å²) in [6.07, 6.45) is 3.88. The van der Waals surface area contributed by atoms with Crippen LogP contribution in [0.2, 0.25) is 10.0 Å². The smallest absolute Gasteiger partial charge is 0.0637 e. The Kier molecular flexibility index (Phi) is 4.86. The Morgan fingerprint density at radius 2 is 1.95 bits per heavy atom. The van der Waals surface area contributed by atoms with E-state index in [4.69, 9.17) is 23.2 Å². The van der Waals surface area contributed by atoms with Gasteiger partial charge in [0.25, 0.3) is 0 Å². The quantitative estimate of drug-likeness (QED) is 0.907. The Morgan fingerprint density at radius 1 is 1.26 bits per heavy atom. The monoisotopic (exact) mass is 297 g/mol. The van der Waals surface area contributed by atoms with Gasteiger partial charge in [-0.1, -0.05) is 36.2 Å². The average Bonchev–Trinajstić information content (AvgIpc) is 2.86. The van der Waals surface area contributed by atoms with Gasteiger partial charge in [0.1, 0.15) is 0 Å². The van der Waals surface area contributed by atoms with Gasteiger partial charge in [0, 0.05) is 33.9 Å². The molecule has 1 aromatic heterocycles. The summed E-state index contributed by atoms with van der Waals surface area (Å²) in [5.74, 6) is 0. The standard InChI is InChI=1S/C14H17Cl2N3/c1-3-17-14(10-8-18-19(4-2)9-10)13-11(15)6-5-7-12(13)16/h5-9,14,17H,3-4H2,1-2H3. The first-order valence-electron chi connectivity index (χ1n) is 6.37. The minimum Gasteiger partial charge on any atom is -0.306 e. The molecule has 2 aromatic rings. The molecule has 1 heterocycles. The van der Waals surface area contributed by atoms with E-state index >= 15 is 0 Å². The highest BCUT2D eigenvalue weighted by atomic mass is 35.5. The van der Waals surface area contributed by atoms with Crippen molar-refractivity contribution in [1.29, 1.82) is 0 Å². The molecule has 3 nitrogen and oxygen atoms in total. The highest BCUT2D eigenvalue weighted by Gasteiger charge is 2.20. The first-order chi connectivity index (χ1) is 9.17. The van der Waals surface area contributed by atoms with Crippen molar-refractivity contribution in [3.63, 3.8) is 0 Å². The molecule has 5 heteroatoms. The van der Waals surface area contributed by atoms with E-state index in [2.05, 4.69) is 24.3 Å². The fraction of sp³-hybridized carbons (Fsp3) is 0.357. The first kappa shape index (κ1) is 14.4. The Morgan fingerprint density at radius 3 is 2.47 bits per heavy atom. The van der Waals surface area contributed by atoms with Gasteiger partial charge in [-0.25, -0.2) is 0 Å². The van der Waals surface area contributed by atoms with Crippen LogP contribution >= 0.6 is 23.2 Å². The van der Waals surface area contributed by atoms with E-state index in [0.717, 1.165) is 24.2 Å². The minimum absolute atomic E-state index is 0.0356. The summed E-state index contributed by atoms with van der Waals surface area (Å²) in [5.41, 5.74) is 1.97. The zero-order valence-corrected chi connectivity index (χ0v) is 12.5. The van der Waals surface area contributed by atoms with Gasteiger partial charge in [0.15, 0.2) is 0 Å². The van der Waals surface area contributed by atoms with Crippen molar-refractivity contribution < 1.29 is 0 Å². The molecular weight excluding hydrogens is 281 g/mol. The molecule has 102 valence electrons. The SMILES string of the molecule is CCNC(c1cnn(CC)c1)c1c(Cl)cccc1Cl. The van der Waals surface area contributed by atoms with Gasteiger partial charge >= 0.3 is 0 Å². The summed E-state index contributed by atoms with van der Waals surface area (Å²) >= 11 is 12.6. The van der Waals surface area contributed by atoms with Crippen LogP contribution in [-0.4, -0.2) is 16.3 Å². The minimum atomic E-state index is -0.0356. The van der Waals surface area contributed by atoms with Crippen LogP contribution in [-0.2, 0) is 6.54 Å². The molecule has 0 saturated carbocycles. The second-order valence-electron chi connectivity index (χ2n) is 4.26. The van der Waals surface area contributed by atoms with E-state index in [0.29, 0.717) is 10.0 Å². The first-order valence-corrected chi connectivity index (χ1v) is 7.12. The molecule has 0 bridgehead atoms. The maximum atomic E-state index is 6.30. The van der Waals surface area contributed by atoms with Crippen LogP contribution in [0.1, 0.15) is 31.0 Å². The van der Waals surface area contributed by atoms with Gasteiger partial charge in [0.05, 0.1) is 12.2 Å². The van der Waals surface area contributed by atoms with E-state index in [1.165, 1.54) is 0 Å². The van der Waals surface area contributed by atoms with Crippen molar-refractivity contribution in [1.82, 2.24) is 15.1 Å². The fourth-order valence-corrected chi connectivity index (χ4v) is 2.69. The number of hydrogen-bond acceptors (Lipinski definition) is 2. The molecule has 0 aliphatic heterocycles. The molecule has 19 heavy (non-hydrogen) atoms. The lowest BCUT2D eigenvalue weighted by Crippen LogP contribution is -2.22. The van der Waals surface area contributed by atoms with E-state index in [1.54, 1.807) is 0 Å². The summed E-state index contributed by atoms with van der Waals surface area (Å²) in [6, 6.07) is 5.54. The highest BCUT2D eigenvalue weighted by Crippen LogP contribution is 2.33. The molecule has 2 rings (SSSR count). The Labute approximate surface area is 123 Å². The Bertz CT molecular complexity index is 531. The molecule has 1 atom stereocenters. The average molecular weight is 298 g/mol. The highest BCUT2D eigenvalue weighted by molar-refractivity contribution is 6.36. The van der Waals surface area contributed by atoms with Crippen LogP contribution in [0.4, 0.5) is 0 Å². The molecule has 0 fully saturated rings. The number of rotatable bonds is 5. The second kappa shape index (κ2) is 6.42. The predicted octanol–water partition coefficient (Wildman–Crippen LogP) is 3.91. The molecule has 0 saturated heterocycles. The number of nitrogens with zero attached hydrogens (tertiary/aromatic N) is 2. The zero-order chi connectivity index (χ0) is 13.8. The normalized spacial score (nSPS) is 12.6. The predicted molar refractivity (Wildman–Crippen MR) is 79.9 cm³/mol. The maximum absolute atomic E-state index is 6.30. The van der Waals surface area contributed by atoms with Gasteiger partial charge in [-0.2, -0.15) is 5.10 Å². The summed E-state index contributed by atoms with van der Waals surface area (Å²) in [4.78, 5) is 0. The molecule has 0 aliphatic carbocycles. The van der Waals surface area contributed by atoms with Crippen molar-refractivity contribution in [2.75, 3.05) is 6.54 Å². The van der Waals surface area contributed by atoms with Crippen molar-refractivity contribution in [2.45, 2.75) is 26.4 Å². The van der Waals surface area contributed by atoms with Gasteiger partial charge in [-0.15, -0.1) is 0 Å². The number of halogens is 2. The summed E-state index contributed by atoms with van der Waals surface area (Å²) in [7, 11) is 0. The van der Waals surface area contributed by atoms with Gasteiger partial charge in [-0.3, -0.25) is 4.68 Å². The summed E-state index contributed by atoms with van der Waals surface area (Å²) in [5, 5.41) is 9.06. The molecule has 1 aromatic carbocycles. The van der Waals surface area contributed by atoms with Crippen LogP contribution in [0.3, 0.4) is 0 Å². The molecular formula is C14H17Cl2N3. The molecule has 0 radical (unpaired) electrons. The van der Waals surface area contributed by atoms with Crippen LogP contribution in [0.15, 0.2) is 30.6 Å². The lowest BCUT2D eigenvalue weighted by Gasteiger charge is -2.19. The Hall–Kier alpha value is -1.03. The lowest BCUT2D eigenvalue weighted by atomic mass is 10.0. The van der Waals surface area contributed by atoms with Crippen LogP contribution in [0, 0.1) is 0 Å². The molecule has 0 aliphatic rings. The maximum Gasteiger partial charge on any atom is 0.0637 e. The molecule has 1 N–H and O–H groups in total. The Balaban J connectivity index is 2.45. The van der Waals surface area contributed by atoms with E-state index in [1.807, 2.05) is 35.3 Å². The second-order valence-corrected chi connectivity index (χ2v) is 5.07. The number of nitrogens with one attached hydrogen (secondary N) is 1. The molecule has 0 amide bonds. The topological polar surface area (TPSA) is 29.9 Å². The van der Waals surface area contributed by atoms with Gasteiger partial charge < -0.3 is 5.32 Å². The molecule has 1 unspecified atom stereocenters. The zero-order valence-electron chi connectivity index (χ0n) is 11.0. The largest absolute Gasteiger partial charge is 0.306 e. The van der Waals surface area contributed by atoms with E-state index in [-0.39, 0.29) is 6.04 Å². The third kappa shape index (κ3) is 3.11.